The number of aromatic nitrogens is 1. The summed E-state index contributed by atoms with van der Waals surface area (Å²) in [6.07, 6.45) is -2.35. The third-order valence-corrected chi connectivity index (χ3v) is 2.49. The first kappa shape index (κ1) is 12.5. The molecule has 0 amide bonds. The maximum atomic E-state index is 12.5. The highest BCUT2D eigenvalue weighted by atomic mass is 79.9. The lowest BCUT2D eigenvalue weighted by molar-refractivity contribution is -0.136. The first-order chi connectivity index (χ1) is 7.47. The molecule has 0 radical (unpaired) electrons. The molecule has 1 N–H and O–H groups in total. The number of aliphatic carboxylic acids is 1. The number of rotatable bonds is 3. The van der Waals surface area contributed by atoms with E-state index in [2.05, 4.69) is 20.9 Å². The Labute approximate surface area is 97.7 Å². The third kappa shape index (κ3) is 2.52. The zero-order valence-corrected chi connectivity index (χ0v) is 9.33. The Morgan fingerprint density at radius 3 is 2.75 bits per heavy atom. The summed E-state index contributed by atoms with van der Waals surface area (Å²) in [5.74, 6) is -1.20. The van der Waals surface area contributed by atoms with Crippen molar-refractivity contribution in [1.29, 1.82) is 5.26 Å². The van der Waals surface area contributed by atoms with Crippen molar-refractivity contribution in [3.05, 3.63) is 27.5 Å². The zero-order chi connectivity index (χ0) is 12.3. The maximum absolute atomic E-state index is 12.5. The van der Waals surface area contributed by atoms with Crippen molar-refractivity contribution >= 4 is 21.9 Å². The van der Waals surface area contributed by atoms with E-state index in [1.54, 1.807) is 6.07 Å². The van der Waals surface area contributed by atoms with Crippen molar-refractivity contribution in [3.8, 4) is 6.07 Å². The molecule has 1 aromatic heterocycles. The van der Waals surface area contributed by atoms with Gasteiger partial charge in [-0.15, -0.1) is 0 Å². The molecule has 0 unspecified atom stereocenters. The highest BCUT2D eigenvalue weighted by Crippen LogP contribution is 2.27. The van der Waals surface area contributed by atoms with Crippen molar-refractivity contribution in [3.63, 3.8) is 0 Å². The predicted molar refractivity (Wildman–Crippen MR) is 52.9 cm³/mol. The van der Waals surface area contributed by atoms with Crippen LogP contribution in [0.2, 0.25) is 0 Å². The van der Waals surface area contributed by atoms with Gasteiger partial charge in [-0.2, -0.15) is 5.26 Å². The molecule has 0 aliphatic carbocycles. The first-order valence-corrected chi connectivity index (χ1v) is 4.84. The van der Waals surface area contributed by atoms with Gasteiger partial charge in [-0.25, -0.2) is 8.78 Å². The molecule has 7 heteroatoms. The van der Waals surface area contributed by atoms with Gasteiger partial charge in [-0.1, -0.05) is 0 Å². The van der Waals surface area contributed by atoms with Crippen molar-refractivity contribution < 1.29 is 18.7 Å². The monoisotopic (exact) mass is 290 g/mol. The van der Waals surface area contributed by atoms with Gasteiger partial charge < -0.3 is 5.11 Å². The lowest BCUT2D eigenvalue weighted by Crippen LogP contribution is -2.07. The molecule has 0 aliphatic heterocycles. The van der Waals surface area contributed by atoms with E-state index in [1.807, 2.05) is 0 Å². The number of nitriles is 1. The van der Waals surface area contributed by atoms with Crippen LogP contribution in [0.25, 0.3) is 0 Å². The summed E-state index contributed by atoms with van der Waals surface area (Å²) >= 11 is 2.98. The van der Waals surface area contributed by atoms with Gasteiger partial charge in [0.15, 0.2) is 0 Å². The van der Waals surface area contributed by atoms with Crippen molar-refractivity contribution in [2.24, 2.45) is 0 Å². The number of carbonyl (C=O) groups is 1. The summed E-state index contributed by atoms with van der Waals surface area (Å²) in [5.41, 5.74) is -1.06. The van der Waals surface area contributed by atoms with Crippen molar-refractivity contribution in [2.45, 2.75) is 12.8 Å². The van der Waals surface area contributed by atoms with Crippen LogP contribution >= 0.6 is 15.9 Å². The van der Waals surface area contributed by atoms with Crippen LogP contribution < -0.4 is 0 Å². The van der Waals surface area contributed by atoms with Gasteiger partial charge in [0.05, 0.1) is 12.0 Å². The van der Waals surface area contributed by atoms with E-state index < -0.39 is 24.5 Å². The average Bonchev–Trinajstić information content (AvgIpc) is 2.19. The van der Waals surface area contributed by atoms with E-state index in [-0.39, 0.29) is 15.6 Å². The van der Waals surface area contributed by atoms with Crippen LogP contribution in [0.1, 0.15) is 23.2 Å². The first-order valence-electron chi connectivity index (χ1n) is 4.04. The van der Waals surface area contributed by atoms with Gasteiger partial charge in [0.1, 0.15) is 11.8 Å². The van der Waals surface area contributed by atoms with Crippen LogP contribution in [0.3, 0.4) is 0 Å². The van der Waals surface area contributed by atoms with Crippen LogP contribution in [0.4, 0.5) is 8.78 Å². The molecule has 0 fully saturated rings. The molecule has 1 rings (SSSR count). The van der Waals surface area contributed by atoms with Gasteiger partial charge in [-0.05, 0) is 21.5 Å². The van der Waals surface area contributed by atoms with Crippen LogP contribution in [-0.2, 0) is 11.2 Å². The fourth-order valence-corrected chi connectivity index (χ4v) is 1.60. The molecule has 0 atom stereocenters. The molecule has 0 aromatic carbocycles. The third-order valence-electron chi connectivity index (χ3n) is 1.81. The number of carboxylic acids is 1. The molecule has 1 heterocycles. The lowest BCUT2D eigenvalue weighted by atomic mass is 10.0. The molecule has 1 aromatic rings. The summed E-state index contributed by atoms with van der Waals surface area (Å²) in [4.78, 5) is 13.9. The Hall–Kier alpha value is -1.55. The molecule has 4 nitrogen and oxygen atoms in total. The zero-order valence-electron chi connectivity index (χ0n) is 7.75. The number of pyridine rings is 1. The van der Waals surface area contributed by atoms with Crippen LogP contribution in [0, 0.1) is 11.3 Å². The molecule has 0 bridgehead atoms. The van der Waals surface area contributed by atoms with E-state index >= 15 is 0 Å². The summed E-state index contributed by atoms with van der Waals surface area (Å²) < 4.78 is 25.2. The predicted octanol–water partition coefficient (Wildman–Crippen LogP) is 2.28. The second-order valence-electron chi connectivity index (χ2n) is 2.83. The average molecular weight is 291 g/mol. The Balaban J connectivity index is 3.39. The molecule has 0 aliphatic rings. The SMILES string of the molecule is N#Cc1c(C(F)F)ncc(Br)c1CC(=O)O. The van der Waals surface area contributed by atoms with Gasteiger partial charge in [-0.3, -0.25) is 9.78 Å². The molecule has 0 spiro atoms. The lowest BCUT2D eigenvalue weighted by Gasteiger charge is -2.08. The van der Waals surface area contributed by atoms with Gasteiger partial charge in [0.2, 0.25) is 0 Å². The maximum Gasteiger partial charge on any atom is 0.307 e. The number of halogens is 3. The number of hydrogen-bond donors (Lipinski definition) is 1. The smallest absolute Gasteiger partial charge is 0.307 e. The molecular formula is C9H5BrF2N2O2. The summed E-state index contributed by atoms with van der Waals surface area (Å²) in [5, 5.41) is 17.4. The molecule has 16 heavy (non-hydrogen) atoms. The van der Waals surface area contributed by atoms with E-state index in [4.69, 9.17) is 10.4 Å². The Morgan fingerprint density at radius 1 is 1.69 bits per heavy atom. The van der Waals surface area contributed by atoms with Gasteiger partial charge >= 0.3 is 5.97 Å². The highest BCUT2D eigenvalue weighted by Gasteiger charge is 2.21. The van der Waals surface area contributed by atoms with Crippen LogP contribution in [0.5, 0.6) is 0 Å². The Bertz CT molecular complexity index is 471. The standard InChI is InChI=1S/C9H5BrF2N2O2/c10-6-3-14-8(9(11)12)5(2-13)4(6)1-7(15)16/h3,9H,1H2,(H,15,16). The van der Waals surface area contributed by atoms with Crippen LogP contribution in [0.15, 0.2) is 10.7 Å². The number of nitrogens with zero attached hydrogens (tertiary/aromatic N) is 2. The van der Waals surface area contributed by atoms with Crippen molar-refractivity contribution in [1.82, 2.24) is 4.98 Å². The van der Waals surface area contributed by atoms with E-state index in [0.29, 0.717) is 0 Å². The van der Waals surface area contributed by atoms with E-state index in [0.717, 1.165) is 6.20 Å². The molecule has 0 saturated heterocycles. The van der Waals surface area contributed by atoms with E-state index in [1.165, 1.54) is 0 Å². The topological polar surface area (TPSA) is 74.0 Å². The second kappa shape index (κ2) is 4.99. The minimum Gasteiger partial charge on any atom is -0.481 e. The minimum absolute atomic E-state index is 0.0142. The second-order valence-corrected chi connectivity index (χ2v) is 3.68. The highest BCUT2D eigenvalue weighted by molar-refractivity contribution is 9.10. The normalized spacial score (nSPS) is 10.2. The number of alkyl halides is 2. The molecular weight excluding hydrogens is 286 g/mol. The largest absolute Gasteiger partial charge is 0.481 e. The van der Waals surface area contributed by atoms with E-state index in [9.17, 15) is 13.6 Å². The number of hydrogen-bond acceptors (Lipinski definition) is 3. The fraction of sp³-hybridized carbons (Fsp3) is 0.222. The van der Waals surface area contributed by atoms with Crippen LogP contribution in [-0.4, -0.2) is 16.1 Å². The van der Waals surface area contributed by atoms with Gasteiger partial charge in [0.25, 0.3) is 6.43 Å². The fourth-order valence-electron chi connectivity index (χ4n) is 1.16. The molecule has 84 valence electrons. The molecule has 0 saturated carbocycles. The minimum atomic E-state index is -2.91. The summed E-state index contributed by atoms with van der Waals surface area (Å²) in [6.45, 7) is 0. The summed E-state index contributed by atoms with van der Waals surface area (Å²) in [7, 11) is 0. The number of carboxylic acid groups (broad SMARTS) is 1. The van der Waals surface area contributed by atoms with Crippen molar-refractivity contribution in [2.75, 3.05) is 0 Å². The summed E-state index contributed by atoms with van der Waals surface area (Å²) in [6, 6.07) is 1.56. The quantitative estimate of drug-likeness (QED) is 0.927. The Kier molecular flexibility index (Phi) is 3.90. The van der Waals surface area contributed by atoms with Gasteiger partial charge in [0, 0.05) is 10.7 Å². The Morgan fingerprint density at radius 2 is 2.31 bits per heavy atom.